The summed E-state index contributed by atoms with van der Waals surface area (Å²) in [4.78, 5) is 30.5. The number of ether oxygens (including phenoxy) is 2. The van der Waals surface area contributed by atoms with Gasteiger partial charge >= 0.3 is 0 Å². The molecule has 0 unspecified atom stereocenters. The van der Waals surface area contributed by atoms with Gasteiger partial charge in [0.25, 0.3) is 11.5 Å². The quantitative estimate of drug-likeness (QED) is 0.544. The fraction of sp³-hybridized carbons (Fsp3) is 0.556. The van der Waals surface area contributed by atoms with Gasteiger partial charge in [-0.05, 0) is 90.1 Å². The average Bonchev–Trinajstić information content (AvgIpc) is 2.80. The molecule has 4 rings (SSSR count). The molecule has 1 atom stereocenters. The molecule has 0 saturated heterocycles. The van der Waals surface area contributed by atoms with Gasteiger partial charge in [-0.2, -0.15) is 0 Å². The second-order valence-electron chi connectivity index (χ2n) is 10.2. The van der Waals surface area contributed by atoms with Gasteiger partial charge < -0.3 is 24.7 Å². The van der Waals surface area contributed by atoms with Crippen LogP contribution >= 0.6 is 23.2 Å². The number of hydrogen-bond acceptors (Lipinski definition) is 5. The molecule has 36 heavy (non-hydrogen) atoms. The highest BCUT2D eigenvalue weighted by molar-refractivity contribution is 6.38. The van der Waals surface area contributed by atoms with Crippen molar-refractivity contribution in [3.63, 3.8) is 0 Å². The highest BCUT2D eigenvalue weighted by Gasteiger charge is 2.33. The van der Waals surface area contributed by atoms with Gasteiger partial charge in [-0.15, -0.1) is 0 Å². The Balaban J connectivity index is 1.55. The van der Waals surface area contributed by atoms with Crippen LogP contribution < -0.4 is 20.3 Å². The third-order valence-electron chi connectivity index (χ3n) is 7.44. The summed E-state index contributed by atoms with van der Waals surface area (Å²) in [5.41, 5.74) is 2.04. The fourth-order valence-corrected chi connectivity index (χ4v) is 5.87. The van der Waals surface area contributed by atoms with Gasteiger partial charge in [-0.25, -0.2) is 0 Å². The van der Waals surface area contributed by atoms with Crippen molar-refractivity contribution < 1.29 is 14.3 Å². The number of nitrogens with one attached hydrogen (secondary N) is 2. The molecular formula is C27H35Cl2N3O4. The van der Waals surface area contributed by atoms with Crippen LogP contribution in [-0.2, 0) is 6.54 Å². The van der Waals surface area contributed by atoms with Gasteiger partial charge in [-0.3, -0.25) is 9.59 Å². The summed E-state index contributed by atoms with van der Waals surface area (Å²) >= 11 is 13.3. The first-order chi connectivity index (χ1) is 17.2. The third-order valence-corrected chi connectivity index (χ3v) is 8.10. The lowest BCUT2D eigenvalue weighted by Crippen LogP contribution is -2.37. The maximum absolute atomic E-state index is 13.1. The number of benzene rings is 1. The molecule has 2 N–H and O–H groups in total. The van der Waals surface area contributed by atoms with E-state index < -0.39 is 5.91 Å². The minimum Gasteiger partial charge on any atom is -0.488 e. The van der Waals surface area contributed by atoms with E-state index in [4.69, 9.17) is 32.7 Å². The monoisotopic (exact) mass is 535 g/mol. The molecule has 1 saturated carbocycles. The van der Waals surface area contributed by atoms with Crippen LogP contribution in [0.25, 0.3) is 0 Å². The zero-order chi connectivity index (χ0) is 26.0. The first-order valence-electron chi connectivity index (χ1n) is 12.6. The average molecular weight is 537 g/mol. The standard InChI is InChI=1S/C27H35Cl2N3O4/c1-15-12-16(2)31-27(34)20(15)14-30-26(33)19-13-21(28)24-25(23(19)29)36-22(6-5-11-35-24)17-7-9-18(10-8-17)32(3)4/h12-13,17-18,22H,5-11,14H2,1-4H3,(H,30,33)(H,31,34)/t17?,18?,22-/m0/s1. The van der Waals surface area contributed by atoms with E-state index in [0.717, 1.165) is 49.8 Å². The van der Waals surface area contributed by atoms with E-state index in [1.165, 1.54) is 6.07 Å². The molecule has 1 aromatic heterocycles. The number of amides is 1. The van der Waals surface area contributed by atoms with Gasteiger partial charge in [-0.1, -0.05) is 23.2 Å². The molecule has 2 aromatic rings. The Morgan fingerprint density at radius 2 is 1.83 bits per heavy atom. The zero-order valence-corrected chi connectivity index (χ0v) is 22.9. The normalized spacial score (nSPS) is 22.1. The largest absolute Gasteiger partial charge is 0.488 e. The Hall–Kier alpha value is -2.22. The van der Waals surface area contributed by atoms with Crippen LogP contribution in [0.4, 0.5) is 0 Å². The van der Waals surface area contributed by atoms with Crippen LogP contribution in [0.5, 0.6) is 11.5 Å². The molecular weight excluding hydrogens is 501 g/mol. The topological polar surface area (TPSA) is 83.7 Å². The molecule has 1 aliphatic heterocycles. The van der Waals surface area contributed by atoms with E-state index in [1.807, 2.05) is 19.9 Å². The van der Waals surface area contributed by atoms with Crippen molar-refractivity contribution in [2.75, 3.05) is 20.7 Å². The number of nitrogens with zero attached hydrogens (tertiary/aromatic N) is 1. The summed E-state index contributed by atoms with van der Waals surface area (Å²) in [6.07, 6.45) is 6.13. The summed E-state index contributed by atoms with van der Waals surface area (Å²) in [7, 11) is 4.27. The Labute approximate surface area is 222 Å². The highest BCUT2D eigenvalue weighted by atomic mass is 35.5. The second kappa shape index (κ2) is 11.4. The molecule has 9 heteroatoms. The van der Waals surface area contributed by atoms with Crippen molar-refractivity contribution >= 4 is 29.1 Å². The second-order valence-corrected chi connectivity index (χ2v) is 11.0. The smallest absolute Gasteiger partial charge is 0.253 e. The first kappa shape index (κ1) is 26.8. The van der Waals surface area contributed by atoms with Crippen molar-refractivity contribution in [1.29, 1.82) is 0 Å². The van der Waals surface area contributed by atoms with Gasteiger partial charge in [0.15, 0.2) is 11.5 Å². The number of H-pyrrole nitrogens is 1. The van der Waals surface area contributed by atoms with Crippen molar-refractivity contribution in [2.24, 2.45) is 5.92 Å². The molecule has 7 nitrogen and oxygen atoms in total. The van der Waals surface area contributed by atoms with Crippen LogP contribution in [0.1, 0.15) is 65.7 Å². The Morgan fingerprint density at radius 3 is 2.50 bits per heavy atom. The Morgan fingerprint density at radius 1 is 1.11 bits per heavy atom. The number of pyridine rings is 1. The number of rotatable bonds is 5. The lowest BCUT2D eigenvalue weighted by Gasteiger charge is -2.37. The number of aromatic nitrogens is 1. The maximum Gasteiger partial charge on any atom is 0.253 e. The molecule has 1 amide bonds. The predicted octanol–water partition coefficient (Wildman–Crippen LogP) is 5.27. The lowest BCUT2D eigenvalue weighted by molar-refractivity contribution is 0.0631. The molecule has 1 fully saturated rings. The number of carbonyl (C=O) groups excluding carboxylic acids is 1. The van der Waals surface area contributed by atoms with E-state index in [9.17, 15) is 9.59 Å². The Bertz CT molecular complexity index is 1170. The van der Waals surface area contributed by atoms with Crippen molar-refractivity contribution in [3.05, 3.63) is 54.9 Å². The van der Waals surface area contributed by atoms with E-state index in [2.05, 4.69) is 29.3 Å². The van der Waals surface area contributed by atoms with Crippen molar-refractivity contribution in [1.82, 2.24) is 15.2 Å². The molecule has 1 aliphatic carbocycles. The molecule has 0 radical (unpaired) electrons. The van der Waals surface area contributed by atoms with Crippen molar-refractivity contribution in [3.8, 4) is 11.5 Å². The summed E-state index contributed by atoms with van der Waals surface area (Å²) in [6.45, 7) is 4.24. The van der Waals surface area contributed by atoms with E-state index in [1.54, 1.807) is 0 Å². The summed E-state index contributed by atoms with van der Waals surface area (Å²) in [6, 6.07) is 3.98. The van der Waals surface area contributed by atoms with E-state index >= 15 is 0 Å². The van der Waals surface area contributed by atoms with Crippen LogP contribution in [0, 0.1) is 19.8 Å². The summed E-state index contributed by atoms with van der Waals surface area (Å²) in [5, 5.41) is 3.26. The number of carbonyl (C=O) groups is 1. The predicted molar refractivity (Wildman–Crippen MR) is 143 cm³/mol. The molecule has 2 aliphatic rings. The van der Waals surface area contributed by atoms with Crippen LogP contribution in [-0.4, -0.2) is 48.6 Å². The molecule has 1 aromatic carbocycles. The fourth-order valence-electron chi connectivity index (χ4n) is 5.35. The molecule has 0 bridgehead atoms. The van der Waals surface area contributed by atoms with Crippen LogP contribution in [0.15, 0.2) is 16.9 Å². The van der Waals surface area contributed by atoms with Gasteiger partial charge in [0.2, 0.25) is 0 Å². The van der Waals surface area contributed by atoms with Gasteiger partial charge in [0, 0.05) is 23.8 Å². The number of aryl methyl sites for hydroxylation is 2. The minimum atomic E-state index is -0.433. The zero-order valence-electron chi connectivity index (χ0n) is 21.4. The maximum atomic E-state index is 13.1. The van der Waals surface area contributed by atoms with E-state index in [-0.39, 0.29) is 33.8 Å². The third kappa shape index (κ3) is 5.84. The van der Waals surface area contributed by atoms with Crippen LogP contribution in [0.2, 0.25) is 10.0 Å². The summed E-state index contributed by atoms with van der Waals surface area (Å²) < 4.78 is 12.4. The first-order valence-corrected chi connectivity index (χ1v) is 13.4. The molecule has 2 heterocycles. The SMILES string of the molecule is Cc1cc(C)c(CNC(=O)c2cc(Cl)c3c(c2Cl)O[C@H](C2CCC(N(C)C)CC2)CCCO3)c(=O)[nH]1. The Kier molecular flexibility index (Phi) is 8.53. The van der Waals surface area contributed by atoms with Crippen molar-refractivity contribution in [2.45, 2.75) is 71.1 Å². The number of fused-ring (bicyclic) bond motifs is 1. The van der Waals surface area contributed by atoms with E-state index in [0.29, 0.717) is 35.6 Å². The minimum absolute atomic E-state index is 0.0172. The number of aromatic amines is 1. The molecule has 0 spiro atoms. The number of hydrogen-bond donors (Lipinski definition) is 2. The number of halogens is 2. The highest BCUT2D eigenvalue weighted by Crippen LogP contribution is 2.46. The molecule has 196 valence electrons. The van der Waals surface area contributed by atoms with Crippen LogP contribution in [0.3, 0.4) is 0 Å². The lowest BCUT2D eigenvalue weighted by atomic mass is 9.81. The van der Waals surface area contributed by atoms with Gasteiger partial charge in [0.05, 0.1) is 22.2 Å². The summed E-state index contributed by atoms with van der Waals surface area (Å²) in [5.74, 6) is 0.697. The van der Waals surface area contributed by atoms with Gasteiger partial charge in [0.1, 0.15) is 6.10 Å².